The van der Waals surface area contributed by atoms with Gasteiger partial charge in [0.15, 0.2) is 0 Å². The van der Waals surface area contributed by atoms with Gasteiger partial charge in [-0.25, -0.2) is 0 Å². The van der Waals surface area contributed by atoms with Gasteiger partial charge in [0.05, 0.1) is 0 Å². The summed E-state index contributed by atoms with van der Waals surface area (Å²) >= 11 is 6.05. The van der Waals surface area contributed by atoms with E-state index in [1.54, 1.807) is 0 Å². The molecule has 2 unspecified atom stereocenters. The van der Waals surface area contributed by atoms with Crippen molar-refractivity contribution in [1.29, 1.82) is 0 Å². The summed E-state index contributed by atoms with van der Waals surface area (Å²) < 4.78 is 0. The van der Waals surface area contributed by atoms with Crippen molar-refractivity contribution in [3.05, 3.63) is 33.8 Å². The molecular weight excluding hydrogens is 267 g/mol. The lowest BCUT2D eigenvalue weighted by Gasteiger charge is -2.19. The van der Waals surface area contributed by atoms with Crippen LogP contribution in [0.3, 0.4) is 0 Å². The summed E-state index contributed by atoms with van der Waals surface area (Å²) in [5.41, 5.74) is 10.0. The average molecular weight is 289 g/mol. The van der Waals surface area contributed by atoms with E-state index in [-0.39, 0.29) is 12.4 Å². The molecule has 2 rings (SSSR count). The second-order valence-electron chi connectivity index (χ2n) is 5.35. The van der Waals surface area contributed by atoms with Crippen LogP contribution < -0.4 is 5.73 Å². The molecule has 1 heterocycles. The number of benzene rings is 1. The Bertz CT molecular complexity index is 387. The fraction of sp³-hybridized carbons (Fsp3) is 0.571. The Hall–Kier alpha value is -0.280. The van der Waals surface area contributed by atoms with Crippen LogP contribution in [0.25, 0.3) is 0 Å². The predicted octanol–water partition coefficient (Wildman–Crippen LogP) is 3.16. The van der Waals surface area contributed by atoms with Crippen LogP contribution in [-0.2, 0) is 6.54 Å². The number of aryl methyl sites for hydroxylation is 2. The van der Waals surface area contributed by atoms with E-state index in [2.05, 4.69) is 25.7 Å². The fourth-order valence-electron chi connectivity index (χ4n) is 2.64. The van der Waals surface area contributed by atoms with Gasteiger partial charge in [-0.2, -0.15) is 0 Å². The smallest absolute Gasteiger partial charge is 0.0411 e. The quantitative estimate of drug-likeness (QED) is 0.906. The molecule has 0 spiro atoms. The van der Waals surface area contributed by atoms with Crippen LogP contribution in [0.1, 0.15) is 23.6 Å². The Morgan fingerprint density at radius 2 is 1.83 bits per heavy atom. The van der Waals surface area contributed by atoms with E-state index < -0.39 is 0 Å². The zero-order valence-corrected chi connectivity index (χ0v) is 12.8. The molecule has 1 saturated heterocycles. The third-order valence-electron chi connectivity index (χ3n) is 3.79. The molecule has 1 aromatic carbocycles. The van der Waals surface area contributed by atoms with Gasteiger partial charge in [-0.15, -0.1) is 12.4 Å². The number of hydrogen-bond donors (Lipinski definition) is 1. The minimum Gasteiger partial charge on any atom is -0.326 e. The number of hydrogen-bond acceptors (Lipinski definition) is 2. The zero-order chi connectivity index (χ0) is 12.6. The van der Waals surface area contributed by atoms with Gasteiger partial charge >= 0.3 is 0 Å². The fourth-order valence-corrected chi connectivity index (χ4v) is 2.97. The molecule has 0 saturated carbocycles. The van der Waals surface area contributed by atoms with Gasteiger partial charge in [-0.3, -0.25) is 4.90 Å². The highest BCUT2D eigenvalue weighted by Gasteiger charge is 2.26. The molecule has 4 heteroatoms. The van der Waals surface area contributed by atoms with Crippen LogP contribution in [0.5, 0.6) is 0 Å². The first-order chi connectivity index (χ1) is 7.97. The maximum atomic E-state index is 6.06. The summed E-state index contributed by atoms with van der Waals surface area (Å²) in [7, 11) is 0. The maximum absolute atomic E-state index is 6.06. The molecule has 1 aliphatic rings. The summed E-state index contributed by atoms with van der Waals surface area (Å²) in [6.07, 6.45) is 0. The van der Waals surface area contributed by atoms with Crippen molar-refractivity contribution in [3.8, 4) is 0 Å². The van der Waals surface area contributed by atoms with E-state index in [0.717, 1.165) is 24.7 Å². The number of likely N-dealkylation sites (tertiary alicyclic amines) is 1. The minimum absolute atomic E-state index is 0. The maximum Gasteiger partial charge on any atom is 0.0411 e. The van der Waals surface area contributed by atoms with Crippen LogP contribution in [-0.4, -0.2) is 24.0 Å². The van der Waals surface area contributed by atoms with Crippen LogP contribution in [0.2, 0.25) is 5.02 Å². The van der Waals surface area contributed by atoms with Crippen LogP contribution >= 0.6 is 24.0 Å². The van der Waals surface area contributed by atoms with Crippen LogP contribution in [0.15, 0.2) is 12.1 Å². The second-order valence-corrected chi connectivity index (χ2v) is 5.79. The van der Waals surface area contributed by atoms with Crippen molar-refractivity contribution >= 4 is 24.0 Å². The van der Waals surface area contributed by atoms with Crippen molar-refractivity contribution in [2.75, 3.05) is 13.1 Å². The first-order valence-electron chi connectivity index (χ1n) is 6.21. The van der Waals surface area contributed by atoms with Crippen molar-refractivity contribution in [1.82, 2.24) is 4.90 Å². The number of nitrogens with zero attached hydrogens (tertiary/aromatic N) is 1. The van der Waals surface area contributed by atoms with E-state index >= 15 is 0 Å². The van der Waals surface area contributed by atoms with Gasteiger partial charge in [-0.1, -0.05) is 18.5 Å². The van der Waals surface area contributed by atoms with Crippen molar-refractivity contribution < 1.29 is 0 Å². The van der Waals surface area contributed by atoms with E-state index in [1.807, 2.05) is 12.1 Å². The second kappa shape index (κ2) is 6.25. The van der Waals surface area contributed by atoms with Gasteiger partial charge in [0, 0.05) is 30.7 Å². The topological polar surface area (TPSA) is 29.3 Å². The van der Waals surface area contributed by atoms with E-state index in [4.69, 9.17) is 17.3 Å². The summed E-state index contributed by atoms with van der Waals surface area (Å²) in [5, 5.41) is 0.829. The first-order valence-corrected chi connectivity index (χ1v) is 6.58. The molecule has 0 aromatic heterocycles. The molecule has 0 bridgehead atoms. The summed E-state index contributed by atoms with van der Waals surface area (Å²) in [6, 6.07) is 4.41. The van der Waals surface area contributed by atoms with Gasteiger partial charge in [0.2, 0.25) is 0 Å². The standard InChI is InChI=1S/C14H21ClN2.ClH/c1-9-4-12(15)5-10(2)13(9)7-17-6-11(3)14(16)8-17;/h4-5,11,14H,6-8,16H2,1-3H3;1H. The lowest BCUT2D eigenvalue weighted by molar-refractivity contribution is 0.317. The van der Waals surface area contributed by atoms with E-state index in [0.29, 0.717) is 12.0 Å². The van der Waals surface area contributed by atoms with Crippen LogP contribution in [0, 0.1) is 19.8 Å². The van der Waals surface area contributed by atoms with Gasteiger partial charge in [0.25, 0.3) is 0 Å². The highest BCUT2D eigenvalue weighted by atomic mass is 35.5. The normalized spacial score (nSPS) is 24.1. The molecule has 2 nitrogen and oxygen atoms in total. The molecule has 2 N–H and O–H groups in total. The molecule has 1 fully saturated rings. The molecule has 1 aliphatic heterocycles. The summed E-state index contributed by atoms with van der Waals surface area (Å²) in [4.78, 5) is 2.44. The molecule has 1 aromatic rings. The van der Waals surface area contributed by atoms with Crippen molar-refractivity contribution in [3.63, 3.8) is 0 Å². The third-order valence-corrected chi connectivity index (χ3v) is 4.01. The molecular formula is C14H22Cl2N2. The molecule has 0 aliphatic carbocycles. The number of halogens is 2. The Balaban J connectivity index is 0.00000162. The van der Waals surface area contributed by atoms with E-state index in [9.17, 15) is 0 Å². The zero-order valence-electron chi connectivity index (χ0n) is 11.2. The first kappa shape index (κ1) is 15.8. The molecule has 102 valence electrons. The molecule has 0 radical (unpaired) electrons. The summed E-state index contributed by atoms with van der Waals surface area (Å²) in [5.74, 6) is 0.600. The van der Waals surface area contributed by atoms with Gasteiger partial charge < -0.3 is 5.73 Å². The highest BCUT2D eigenvalue weighted by molar-refractivity contribution is 6.30. The predicted molar refractivity (Wildman–Crippen MR) is 80.6 cm³/mol. The SMILES string of the molecule is Cc1cc(Cl)cc(C)c1CN1CC(C)C(N)C1.Cl. The Labute approximate surface area is 121 Å². The van der Waals surface area contributed by atoms with Crippen molar-refractivity contribution in [2.45, 2.75) is 33.4 Å². The minimum atomic E-state index is 0. The lowest BCUT2D eigenvalue weighted by atomic mass is 10.0. The van der Waals surface area contributed by atoms with Crippen LogP contribution in [0.4, 0.5) is 0 Å². The Morgan fingerprint density at radius 1 is 1.28 bits per heavy atom. The molecule has 2 atom stereocenters. The average Bonchev–Trinajstić information content (AvgIpc) is 2.52. The van der Waals surface area contributed by atoms with E-state index in [1.165, 1.54) is 16.7 Å². The Kier molecular flexibility index (Phi) is 5.47. The highest BCUT2D eigenvalue weighted by Crippen LogP contribution is 2.24. The third kappa shape index (κ3) is 3.39. The van der Waals surface area contributed by atoms with Gasteiger partial charge in [-0.05, 0) is 48.6 Å². The van der Waals surface area contributed by atoms with Crippen molar-refractivity contribution in [2.24, 2.45) is 11.7 Å². The monoisotopic (exact) mass is 288 g/mol. The van der Waals surface area contributed by atoms with Gasteiger partial charge in [0.1, 0.15) is 0 Å². The summed E-state index contributed by atoms with van der Waals surface area (Å²) in [6.45, 7) is 9.59. The number of nitrogens with two attached hydrogens (primary N) is 1. The lowest BCUT2D eigenvalue weighted by Crippen LogP contribution is -2.28. The Morgan fingerprint density at radius 3 is 2.28 bits per heavy atom. The molecule has 18 heavy (non-hydrogen) atoms. The molecule has 0 amide bonds. The largest absolute Gasteiger partial charge is 0.326 e. The number of rotatable bonds is 2.